The van der Waals surface area contributed by atoms with Crippen LogP contribution < -0.4 is 0 Å². The third-order valence-electron chi connectivity index (χ3n) is 4.79. The SMILES string of the molecule is O=C(C1=C(c2ccccc2)OC(=O)C(c2ccc(Cl)cc2)C1)c1ccccc1. The Bertz CT molecular complexity index is 1040. The maximum absolute atomic E-state index is 13.3. The van der Waals surface area contributed by atoms with Gasteiger partial charge in [0.25, 0.3) is 0 Å². The molecule has 1 unspecified atom stereocenters. The first kappa shape index (κ1) is 18.2. The van der Waals surface area contributed by atoms with Crippen molar-refractivity contribution in [1.82, 2.24) is 0 Å². The highest BCUT2D eigenvalue weighted by molar-refractivity contribution is 6.30. The molecule has 0 spiro atoms. The number of carbonyl (C=O) groups is 2. The zero-order valence-electron chi connectivity index (χ0n) is 15.0. The summed E-state index contributed by atoms with van der Waals surface area (Å²) in [6.07, 6.45) is 0.276. The smallest absolute Gasteiger partial charge is 0.319 e. The van der Waals surface area contributed by atoms with E-state index in [0.717, 1.165) is 5.56 Å². The maximum Gasteiger partial charge on any atom is 0.319 e. The number of Topliss-reactive ketones (excluding diaryl/α,β-unsaturated/α-hetero) is 1. The summed E-state index contributed by atoms with van der Waals surface area (Å²) < 4.78 is 5.71. The van der Waals surface area contributed by atoms with E-state index in [4.69, 9.17) is 16.3 Å². The molecule has 28 heavy (non-hydrogen) atoms. The van der Waals surface area contributed by atoms with Crippen LogP contribution >= 0.6 is 11.6 Å². The van der Waals surface area contributed by atoms with E-state index >= 15 is 0 Å². The Labute approximate surface area is 168 Å². The van der Waals surface area contributed by atoms with Crippen LogP contribution in [0.2, 0.25) is 5.02 Å². The number of allylic oxidation sites excluding steroid dienone is 1. The zero-order chi connectivity index (χ0) is 19.5. The quantitative estimate of drug-likeness (QED) is 0.427. The van der Waals surface area contributed by atoms with E-state index in [0.29, 0.717) is 27.5 Å². The lowest BCUT2D eigenvalue weighted by Crippen LogP contribution is -2.25. The summed E-state index contributed by atoms with van der Waals surface area (Å²) in [7, 11) is 0. The number of hydrogen-bond acceptors (Lipinski definition) is 3. The molecule has 0 saturated carbocycles. The summed E-state index contributed by atoms with van der Waals surface area (Å²) in [6.45, 7) is 0. The molecule has 0 saturated heterocycles. The van der Waals surface area contributed by atoms with Crippen LogP contribution in [0.3, 0.4) is 0 Å². The first-order chi connectivity index (χ1) is 13.6. The fourth-order valence-electron chi connectivity index (χ4n) is 3.34. The fourth-order valence-corrected chi connectivity index (χ4v) is 3.47. The molecule has 138 valence electrons. The molecule has 4 heteroatoms. The monoisotopic (exact) mass is 388 g/mol. The summed E-state index contributed by atoms with van der Waals surface area (Å²) in [4.78, 5) is 26.0. The van der Waals surface area contributed by atoms with Gasteiger partial charge in [-0.3, -0.25) is 9.59 Å². The Morgan fingerprint density at radius 3 is 2.11 bits per heavy atom. The van der Waals surface area contributed by atoms with Gasteiger partial charge in [-0.05, 0) is 24.1 Å². The number of ketones is 1. The van der Waals surface area contributed by atoms with Crippen molar-refractivity contribution in [3.05, 3.63) is 112 Å². The van der Waals surface area contributed by atoms with E-state index in [2.05, 4.69) is 0 Å². The van der Waals surface area contributed by atoms with E-state index in [9.17, 15) is 9.59 Å². The summed E-state index contributed by atoms with van der Waals surface area (Å²) in [5.74, 6) is -0.714. The highest BCUT2D eigenvalue weighted by Gasteiger charge is 2.35. The largest absolute Gasteiger partial charge is 0.425 e. The molecule has 0 N–H and O–H groups in total. The number of carbonyl (C=O) groups excluding carboxylic acids is 2. The topological polar surface area (TPSA) is 43.4 Å². The van der Waals surface area contributed by atoms with Crippen LogP contribution in [-0.2, 0) is 9.53 Å². The molecule has 1 aliphatic heterocycles. The summed E-state index contributed by atoms with van der Waals surface area (Å²) >= 11 is 5.97. The van der Waals surface area contributed by atoms with Gasteiger partial charge in [-0.25, -0.2) is 0 Å². The van der Waals surface area contributed by atoms with Crippen LogP contribution in [0.5, 0.6) is 0 Å². The van der Waals surface area contributed by atoms with Crippen LogP contribution in [0, 0.1) is 0 Å². The minimum atomic E-state index is -0.549. The van der Waals surface area contributed by atoms with Gasteiger partial charge in [0, 0.05) is 21.7 Å². The van der Waals surface area contributed by atoms with Crippen LogP contribution in [-0.4, -0.2) is 11.8 Å². The molecule has 0 aromatic heterocycles. The molecule has 0 amide bonds. The fraction of sp³-hybridized carbons (Fsp3) is 0.0833. The van der Waals surface area contributed by atoms with Crippen LogP contribution in [0.15, 0.2) is 90.5 Å². The molecule has 0 fully saturated rings. The van der Waals surface area contributed by atoms with Crippen molar-refractivity contribution >= 4 is 29.1 Å². The third-order valence-corrected chi connectivity index (χ3v) is 5.04. The van der Waals surface area contributed by atoms with E-state index < -0.39 is 5.92 Å². The van der Waals surface area contributed by atoms with Gasteiger partial charge >= 0.3 is 5.97 Å². The number of halogens is 1. The van der Waals surface area contributed by atoms with Gasteiger partial charge in [-0.15, -0.1) is 0 Å². The first-order valence-corrected chi connectivity index (χ1v) is 9.37. The predicted octanol–water partition coefficient (Wildman–Crippen LogP) is 5.66. The summed E-state index contributed by atoms with van der Waals surface area (Å²) in [5.41, 5.74) is 2.56. The van der Waals surface area contributed by atoms with Crippen molar-refractivity contribution in [3.63, 3.8) is 0 Å². The van der Waals surface area contributed by atoms with Crippen molar-refractivity contribution < 1.29 is 14.3 Å². The average molecular weight is 389 g/mol. The van der Waals surface area contributed by atoms with Gasteiger partial charge in [0.2, 0.25) is 0 Å². The van der Waals surface area contributed by atoms with Gasteiger partial charge in [0.15, 0.2) is 5.78 Å². The van der Waals surface area contributed by atoms with E-state index in [1.54, 1.807) is 36.4 Å². The standard InChI is InChI=1S/C24H17ClO3/c25-19-13-11-16(12-14-19)20-15-21(22(26)17-7-3-1-4-8-17)23(28-24(20)27)18-9-5-2-6-10-18/h1-14,20H,15H2. The number of rotatable bonds is 4. The average Bonchev–Trinajstić information content (AvgIpc) is 2.75. The number of esters is 1. The highest BCUT2D eigenvalue weighted by atomic mass is 35.5. The van der Waals surface area contributed by atoms with Crippen molar-refractivity contribution in [2.75, 3.05) is 0 Å². The van der Waals surface area contributed by atoms with Crippen molar-refractivity contribution in [3.8, 4) is 0 Å². The highest BCUT2D eigenvalue weighted by Crippen LogP contribution is 2.38. The lowest BCUT2D eigenvalue weighted by molar-refractivity contribution is -0.139. The number of benzene rings is 3. The summed E-state index contributed by atoms with van der Waals surface area (Å²) in [5, 5.41) is 0.592. The molecule has 0 radical (unpaired) electrons. The van der Waals surface area contributed by atoms with Gasteiger partial charge in [0.1, 0.15) is 5.76 Å². The van der Waals surface area contributed by atoms with E-state index in [-0.39, 0.29) is 18.2 Å². The molecule has 3 aromatic rings. The second-order valence-corrected chi connectivity index (χ2v) is 7.03. The lowest BCUT2D eigenvalue weighted by Gasteiger charge is -2.26. The molecule has 1 aliphatic rings. The van der Waals surface area contributed by atoms with Crippen LogP contribution in [0.1, 0.15) is 33.8 Å². The second-order valence-electron chi connectivity index (χ2n) is 6.60. The van der Waals surface area contributed by atoms with E-state index in [1.807, 2.05) is 48.5 Å². The van der Waals surface area contributed by atoms with Gasteiger partial charge in [0.05, 0.1) is 5.92 Å². The van der Waals surface area contributed by atoms with Crippen LogP contribution in [0.25, 0.3) is 5.76 Å². The normalized spacial score (nSPS) is 16.6. The Morgan fingerprint density at radius 1 is 0.857 bits per heavy atom. The molecule has 1 heterocycles. The minimum absolute atomic E-state index is 0.133. The van der Waals surface area contributed by atoms with Crippen LogP contribution in [0.4, 0.5) is 0 Å². The lowest BCUT2D eigenvalue weighted by atomic mass is 9.85. The second kappa shape index (κ2) is 7.83. The zero-order valence-corrected chi connectivity index (χ0v) is 15.7. The Hall–Kier alpha value is -3.17. The Morgan fingerprint density at radius 2 is 1.46 bits per heavy atom. The van der Waals surface area contributed by atoms with Gasteiger partial charge < -0.3 is 4.74 Å². The van der Waals surface area contributed by atoms with E-state index in [1.165, 1.54) is 0 Å². The summed E-state index contributed by atoms with van der Waals surface area (Å²) in [6, 6.07) is 25.4. The number of hydrogen-bond donors (Lipinski definition) is 0. The first-order valence-electron chi connectivity index (χ1n) is 8.99. The Balaban J connectivity index is 1.80. The Kier molecular flexibility index (Phi) is 5.09. The molecule has 0 aliphatic carbocycles. The molecule has 4 rings (SSSR count). The maximum atomic E-state index is 13.3. The molecule has 3 aromatic carbocycles. The van der Waals surface area contributed by atoms with Crippen molar-refractivity contribution in [2.45, 2.75) is 12.3 Å². The molecule has 0 bridgehead atoms. The van der Waals surface area contributed by atoms with Gasteiger partial charge in [-0.2, -0.15) is 0 Å². The molecule has 3 nitrogen and oxygen atoms in total. The molecular weight excluding hydrogens is 372 g/mol. The molecular formula is C24H17ClO3. The number of cyclic esters (lactones) is 1. The van der Waals surface area contributed by atoms with Crippen molar-refractivity contribution in [1.29, 1.82) is 0 Å². The molecule has 1 atom stereocenters. The van der Waals surface area contributed by atoms with Gasteiger partial charge in [-0.1, -0.05) is 84.4 Å². The third kappa shape index (κ3) is 3.62. The number of ether oxygens (including phenoxy) is 1. The predicted molar refractivity (Wildman–Crippen MR) is 109 cm³/mol. The van der Waals surface area contributed by atoms with Crippen molar-refractivity contribution in [2.24, 2.45) is 0 Å². The minimum Gasteiger partial charge on any atom is -0.425 e.